The number of hydrogen-bond donors (Lipinski definition) is 1. The van der Waals surface area contributed by atoms with Crippen molar-refractivity contribution >= 4 is 5.97 Å². The van der Waals surface area contributed by atoms with Gasteiger partial charge >= 0.3 is 5.97 Å². The molecule has 0 amide bonds. The molecule has 0 aliphatic carbocycles. The first kappa shape index (κ1) is 9.96. The van der Waals surface area contributed by atoms with Crippen LogP contribution in [0.15, 0.2) is 18.2 Å². The summed E-state index contributed by atoms with van der Waals surface area (Å²) in [7, 11) is 0. The van der Waals surface area contributed by atoms with Crippen molar-refractivity contribution in [1.29, 1.82) is 0 Å². The summed E-state index contributed by atoms with van der Waals surface area (Å²) in [5.74, 6) is -1.47. The van der Waals surface area contributed by atoms with Crippen molar-refractivity contribution < 1.29 is 19.0 Å². The Labute approximate surface area is 86.5 Å². The molecular formula is C11H11FO3. The lowest BCUT2D eigenvalue weighted by molar-refractivity contribution is -0.142. The minimum Gasteiger partial charge on any atom is -0.493 e. The number of carbonyl (C=O) groups is 1. The zero-order valence-corrected chi connectivity index (χ0v) is 8.24. The van der Waals surface area contributed by atoms with Crippen LogP contribution in [0.4, 0.5) is 4.39 Å². The highest BCUT2D eigenvalue weighted by atomic mass is 19.1. The quantitative estimate of drug-likeness (QED) is 0.812. The first-order valence-electron chi connectivity index (χ1n) is 4.74. The van der Waals surface area contributed by atoms with Crippen LogP contribution in [0.1, 0.15) is 18.4 Å². The fraction of sp³-hybridized carbons (Fsp3) is 0.364. The third-order valence-electron chi connectivity index (χ3n) is 2.78. The highest BCUT2D eigenvalue weighted by Crippen LogP contribution is 2.38. The van der Waals surface area contributed by atoms with E-state index in [0.717, 1.165) is 0 Å². The molecule has 0 spiro atoms. The van der Waals surface area contributed by atoms with Crippen molar-refractivity contribution in [2.24, 2.45) is 5.92 Å². The van der Waals surface area contributed by atoms with Crippen LogP contribution in [0.3, 0.4) is 0 Å². The van der Waals surface area contributed by atoms with E-state index in [-0.39, 0.29) is 11.7 Å². The summed E-state index contributed by atoms with van der Waals surface area (Å²) in [5, 5.41) is 8.89. The van der Waals surface area contributed by atoms with Gasteiger partial charge in [-0.1, -0.05) is 6.92 Å². The molecule has 1 aliphatic heterocycles. The van der Waals surface area contributed by atoms with E-state index in [1.807, 2.05) is 0 Å². The largest absolute Gasteiger partial charge is 0.493 e. The Morgan fingerprint density at radius 1 is 1.67 bits per heavy atom. The lowest BCUT2D eigenvalue weighted by Gasteiger charge is -2.13. The normalized spacial score (nSPS) is 20.5. The van der Waals surface area contributed by atoms with E-state index < -0.39 is 11.9 Å². The van der Waals surface area contributed by atoms with Gasteiger partial charge < -0.3 is 9.84 Å². The molecule has 1 aliphatic rings. The molecule has 4 heteroatoms. The highest BCUT2D eigenvalue weighted by Gasteiger charge is 2.32. The van der Waals surface area contributed by atoms with E-state index in [1.165, 1.54) is 12.1 Å². The maximum absolute atomic E-state index is 13.0. The van der Waals surface area contributed by atoms with Crippen molar-refractivity contribution in [2.45, 2.75) is 12.8 Å². The summed E-state index contributed by atoms with van der Waals surface area (Å²) in [5.41, 5.74) is 0.657. The first-order valence-corrected chi connectivity index (χ1v) is 4.74. The Bertz CT molecular complexity index is 403. The fourth-order valence-electron chi connectivity index (χ4n) is 1.80. The van der Waals surface area contributed by atoms with Crippen molar-refractivity contribution in [3.8, 4) is 5.75 Å². The number of rotatable bonds is 2. The van der Waals surface area contributed by atoms with Gasteiger partial charge in [0, 0.05) is 11.5 Å². The van der Waals surface area contributed by atoms with Gasteiger partial charge in [-0.05, 0) is 18.2 Å². The molecule has 0 aromatic heterocycles. The molecule has 2 rings (SSSR count). The van der Waals surface area contributed by atoms with E-state index in [9.17, 15) is 9.18 Å². The summed E-state index contributed by atoms with van der Waals surface area (Å²) >= 11 is 0. The summed E-state index contributed by atoms with van der Waals surface area (Å²) in [4.78, 5) is 10.8. The molecule has 0 bridgehead atoms. The minimum atomic E-state index is -0.888. The summed E-state index contributed by atoms with van der Waals surface area (Å²) in [6.07, 6.45) is 0. The van der Waals surface area contributed by atoms with Gasteiger partial charge in [-0.2, -0.15) is 0 Å². The number of carboxylic acid groups (broad SMARTS) is 1. The Hall–Kier alpha value is -1.58. The summed E-state index contributed by atoms with van der Waals surface area (Å²) in [6, 6.07) is 4.21. The van der Waals surface area contributed by atoms with Crippen molar-refractivity contribution in [3.05, 3.63) is 29.6 Å². The smallest absolute Gasteiger partial charge is 0.306 e. The van der Waals surface area contributed by atoms with Crippen LogP contribution in [0, 0.1) is 11.7 Å². The SMILES string of the molecule is CC(C(=O)O)C1COc2ccc(F)cc21. The Balaban J connectivity index is 2.35. The molecule has 15 heavy (non-hydrogen) atoms. The van der Waals surface area contributed by atoms with Gasteiger partial charge in [0.15, 0.2) is 0 Å². The second kappa shape index (κ2) is 3.53. The van der Waals surface area contributed by atoms with Gasteiger partial charge in [-0.15, -0.1) is 0 Å². The van der Waals surface area contributed by atoms with E-state index >= 15 is 0 Å². The van der Waals surface area contributed by atoms with Gasteiger partial charge in [0.2, 0.25) is 0 Å². The number of carboxylic acids is 1. The van der Waals surface area contributed by atoms with Gasteiger partial charge in [0.25, 0.3) is 0 Å². The summed E-state index contributed by atoms with van der Waals surface area (Å²) < 4.78 is 18.3. The number of hydrogen-bond acceptors (Lipinski definition) is 2. The van der Waals surface area contributed by atoms with Gasteiger partial charge in [-0.25, -0.2) is 4.39 Å². The lowest BCUT2D eigenvalue weighted by atomic mass is 9.89. The van der Waals surface area contributed by atoms with Crippen molar-refractivity contribution in [1.82, 2.24) is 0 Å². The Kier molecular flexibility index (Phi) is 2.34. The zero-order chi connectivity index (χ0) is 11.0. The first-order chi connectivity index (χ1) is 7.09. The van der Waals surface area contributed by atoms with Crippen LogP contribution in [0.25, 0.3) is 0 Å². The van der Waals surface area contributed by atoms with Crippen LogP contribution >= 0.6 is 0 Å². The number of aliphatic carboxylic acids is 1. The lowest BCUT2D eigenvalue weighted by Crippen LogP contribution is -2.20. The van der Waals surface area contributed by atoms with Crippen molar-refractivity contribution in [2.75, 3.05) is 6.61 Å². The third-order valence-corrected chi connectivity index (χ3v) is 2.78. The van der Waals surface area contributed by atoms with Crippen LogP contribution in [-0.4, -0.2) is 17.7 Å². The standard InChI is InChI=1S/C11H11FO3/c1-6(11(13)14)9-5-15-10-3-2-7(12)4-8(9)10/h2-4,6,9H,5H2,1H3,(H,13,14). The minimum absolute atomic E-state index is 0.256. The molecule has 0 saturated heterocycles. The molecule has 1 heterocycles. The van der Waals surface area contributed by atoms with Gasteiger partial charge in [0.1, 0.15) is 11.6 Å². The molecule has 1 N–H and O–H groups in total. The van der Waals surface area contributed by atoms with E-state index in [0.29, 0.717) is 17.9 Å². The summed E-state index contributed by atoms with van der Waals surface area (Å²) in [6.45, 7) is 1.92. The second-order valence-corrected chi connectivity index (χ2v) is 3.73. The second-order valence-electron chi connectivity index (χ2n) is 3.73. The maximum Gasteiger partial charge on any atom is 0.306 e. The molecule has 1 aromatic rings. The average molecular weight is 210 g/mol. The number of fused-ring (bicyclic) bond motifs is 1. The zero-order valence-electron chi connectivity index (χ0n) is 8.24. The average Bonchev–Trinajstić information content (AvgIpc) is 2.59. The molecular weight excluding hydrogens is 199 g/mol. The highest BCUT2D eigenvalue weighted by molar-refractivity contribution is 5.71. The van der Waals surface area contributed by atoms with E-state index in [4.69, 9.17) is 9.84 Å². The van der Waals surface area contributed by atoms with E-state index in [1.54, 1.807) is 13.0 Å². The molecule has 0 radical (unpaired) electrons. The Morgan fingerprint density at radius 2 is 2.40 bits per heavy atom. The topological polar surface area (TPSA) is 46.5 Å². The molecule has 1 aromatic carbocycles. The van der Waals surface area contributed by atoms with Gasteiger partial charge in [0.05, 0.1) is 12.5 Å². The van der Waals surface area contributed by atoms with Crippen LogP contribution in [0.5, 0.6) is 5.75 Å². The van der Waals surface area contributed by atoms with Gasteiger partial charge in [-0.3, -0.25) is 4.79 Å². The maximum atomic E-state index is 13.0. The molecule has 2 atom stereocenters. The predicted molar refractivity (Wildman–Crippen MR) is 51.4 cm³/mol. The van der Waals surface area contributed by atoms with Crippen LogP contribution in [0.2, 0.25) is 0 Å². The molecule has 80 valence electrons. The molecule has 0 fully saturated rings. The predicted octanol–water partition coefficient (Wildman–Crippen LogP) is 2.02. The number of ether oxygens (including phenoxy) is 1. The fourth-order valence-corrected chi connectivity index (χ4v) is 1.80. The Morgan fingerprint density at radius 3 is 3.07 bits per heavy atom. The monoisotopic (exact) mass is 210 g/mol. The molecule has 0 saturated carbocycles. The van der Waals surface area contributed by atoms with E-state index in [2.05, 4.69) is 0 Å². The van der Waals surface area contributed by atoms with Crippen LogP contribution < -0.4 is 4.74 Å². The third kappa shape index (κ3) is 1.67. The number of benzene rings is 1. The molecule has 3 nitrogen and oxygen atoms in total. The molecule has 2 unspecified atom stereocenters. The van der Waals surface area contributed by atoms with Crippen LogP contribution in [-0.2, 0) is 4.79 Å². The van der Waals surface area contributed by atoms with Crippen molar-refractivity contribution in [3.63, 3.8) is 0 Å². The number of halogens is 1.